The van der Waals surface area contributed by atoms with Crippen LogP contribution in [0.3, 0.4) is 0 Å². The monoisotopic (exact) mass is 247 g/mol. The van der Waals surface area contributed by atoms with E-state index in [-0.39, 0.29) is 11.0 Å². The van der Waals surface area contributed by atoms with E-state index in [1.165, 1.54) is 0 Å². The fraction of sp³-hybridized carbons (Fsp3) is 1.00. The van der Waals surface area contributed by atoms with E-state index in [1.54, 1.807) is 0 Å². The number of nitrogens with one attached hydrogen (secondary N) is 1. The largest absolute Gasteiger partial charge is 0.371 e. The van der Waals surface area contributed by atoms with Gasteiger partial charge in [-0.15, -0.1) is 11.6 Å². The van der Waals surface area contributed by atoms with Crippen LogP contribution in [0.4, 0.5) is 0 Å². The molecule has 0 saturated carbocycles. The van der Waals surface area contributed by atoms with Crippen molar-refractivity contribution < 1.29 is 4.74 Å². The molecule has 1 saturated heterocycles. The molecule has 0 radical (unpaired) electrons. The summed E-state index contributed by atoms with van der Waals surface area (Å²) in [5.74, 6) is 0.672. The minimum Gasteiger partial charge on any atom is -0.371 e. The second-order valence-electron chi connectivity index (χ2n) is 5.92. The van der Waals surface area contributed by atoms with Crippen LogP contribution in [0.5, 0.6) is 0 Å². The van der Waals surface area contributed by atoms with E-state index in [2.05, 4.69) is 33.0 Å². The molecular weight excluding hydrogens is 222 g/mol. The smallest absolute Gasteiger partial charge is 0.0707 e. The SMILES string of the molecule is CC(C)CC(Cl)CNCC1CCC(C)(C)O1. The second-order valence-corrected chi connectivity index (χ2v) is 6.54. The highest BCUT2D eigenvalue weighted by Crippen LogP contribution is 2.28. The fourth-order valence-electron chi connectivity index (χ4n) is 2.22. The molecule has 0 amide bonds. The van der Waals surface area contributed by atoms with Gasteiger partial charge in [0.15, 0.2) is 0 Å². The second kappa shape index (κ2) is 6.23. The third-order valence-electron chi connectivity index (χ3n) is 3.02. The third-order valence-corrected chi connectivity index (χ3v) is 3.35. The van der Waals surface area contributed by atoms with Crippen LogP contribution >= 0.6 is 11.6 Å². The number of alkyl halides is 1. The highest BCUT2D eigenvalue weighted by molar-refractivity contribution is 6.20. The zero-order valence-corrected chi connectivity index (χ0v) is 11.8. The molecular formula is C13H26ClNO. The predicted molar refractivity (Wildman–Crippen MR) is 70.2 cm³/mol. The molecule has 0 aromatic carbocycles. The average Bonchev–Trinajstić information content (AvgIpc) is 2.44. The molecule has 2 nitrogen and oxygen atoms in total. The maximum Gasteiger partial charge on any atom is 0.0707 e. The Hall–Kier alpha value is 0.210. The summed E-state index contributed by atoms with van der Waals surface area (Å²) in [6, 6.07) is 0. The molecule has 2 unspecified atom stereocenters. The van der Waals surface area contributed by atoms with Gasteiger partial charge in [-0.2, -0.15) is 0 Å². The Morgan fingerprint density at radius 3 is 2.62 bits per heavy atom. The van der Waals surface area contributed by atoms with Crippen LogP contribution < -0.4 is 5.32 Å². The Kier molecular flexibility index (Phi) is 5.55. The van der Waals surface area contributed by atoms with Crippen LogP contribution in [0.15, 0.2) is 0 Å². The first-order valence-corrected chi connectivity index (χ1v) is 6.85. The molecule has 1 heterocycles. The van der Waals surface area contributed by atoms with Crippen molar-refractivity contribution in [1.29, 1.82) is 0 Å². The maximum absolute atomic E-state index is 6.21. The van der Waals surface area contributed by atoms with Crippen molar-refractivity contribution in [2.24, 2.45) is 5.92 Å². The van der Waals surface area contributed by atoms with E-state index in [9.17, 15) is 0 Å². The summed E-state index contributed by atoms with van der Waals surface area (Å²) < 4.78 is 5.91. The van der Waals surface area contributed by atoms with Crippen molar-refractivity contribution in [1.82, 2.24) is 5.32 Å². The number of rotatable bonds is 6. The standard InChI is InChI=1S/C13H26ClNO/c1-10(2)7-11(14)8-15-9-12-5-6-13(3,4)16-12/h10-12,15H,5-9H2,1-4H3. The summed E-state index contributed by atoms with van der Waals surface area (Å²) in [7, 11) is 0. The van der Waals surface area contributed by atoms with Crippen LogP contribution in [0.2, 0.25) is 0 Å². The third kappa shape index (κ3) is 5.51. The van der Waals surface area contributed by atoms with Gasteiger partial charge in [0, 0.05) is 18.5 Å². The number of hydrogen-bond donors (Lipinski definition) is 1. The fourth-order valence-corrected chi connectivity index (χ4v) is 2.68. The van der Waals surface area contributed by atoms with E-state index in [1.807, 2.05) is 0 Å². The van der Waals surface area contributed by atoms with E-state index in [0.717, 1.165) is 32.4 Å². The number of halogens is 1. The molecule has 1 rings (SSSR count). The van der Waals surface area contributed by atoms with Crippen molar-refractivity contribution in [3.8, 4) is 0 Å². The van der Waals surface area contributed by atoms with Crippen molar-refractivity contribution in [3.63, 3.8) is 0 Å². The van der Waals surface area contributed by atoms with Gasteiger partial charge in [-0.25, -0.2) is 0 Å². The van der Waals surface area contributed by atoms with E-state index in [0.29, 0.717) is 12.0 Å². The minimum atomic E-state index is 0.0741. The molecule has 1 aliphatic rings. The molecule has 0 bridgehead atoms. The Bertz CT molecular complexity index is 206. The molecule has 96 valence electrons. The van der Waals surface area contributed by atoms with Gasteiger partial charge in [-0.3, -0.25) is 0 Å². The summed E-state index contributed by atoms with van der Waals surface area (Å²) in [5.41, 5.74) is 0.0741. The highest BCUT2D eigenvalue weighted by atomic mass is 35.5. The van der Waals surface area contributed by atoms with Gasteiger partial charge in [0.1, 0.15) is 0 Å². The molecule has 2 atom stereocenters. The van der Waals surface area contributed by atoms with Crippen LogP contribution in [-0.4, -0.2) is 30.2 Å². The average molecular weight is 248 g/mol. The zero-order valence-electron chi connectivity index (χ0n) is 11.1. The van der Waals surface area contributed by atoms with Gasteiger partial charge in [0.25, 0.3) is 0 Å². The molecule has 0 aromatic rings. The molecule has 1 N–H and O–H groups in total. The maximum atomic E-state index is 6.21. The molecule has 3 heteroatoms. The van der Waals surface area contributed by atoms with Crippen molar-refractivity contribution in [2.45, 2.75) is 64.0 Å². The van der Waals surface area contributed by atoms with E-state index >= 15 is 0 Å². The Morgan fingerprint density at radius 1 is 1.44 bits per heavy atom. The summed E-state index contributed by atoms with van der Waals surface area (Å²) in [5, 5.41) is 3.66. The lowest BCUT2D eigenvalue weighted by Crippen LogP contribution is -2.33. The topological polar surface area (TPSA) is 21.3 Å². The molecule has 1 aliphatic heterocycles. The molecule has 1 fully saturated rings. The molecule has 16 heavy (non-hydrogen) atoms. The lowest BCUT2D eigenvalue weighted by Gasteiger charge is -2.20. The number of ether oxygens (including phenoxy) is 1. The normalized spacial score (nSPS) is 26.2. The number of hydrogen-bond acceptors (Lipinski definition) is 2. The van der Waals surface area contributed by atoms with Gasteiger partial charge in [-0.1, -0.05) is 13.8 Å². The zero-order chi connectivity index (χ0) is 12.2. The Balaban J connectivity index is 2.08. The van der Waals surface area contributed by atoms with Crippen LogP contribution in [0.1, 0.15) is 47.0 Å². The van der Waals surface area contributed by atoms with Crippen molar-refractivity contribution >= 4 is 11.6 Å². The summed E-state index contributed by atoms with van der Waals surface area (Å²) in [6.07, 6.45) is 3.77. The van der Waals surface area contributed by atoms with E-state index < -0.39 is 0 Å². The first-order chi connectivity index (χ1) is 7.39. The summed E-state index contributed by atoms with van der Waals surface area (Å²) >= 11 is 6.21. The Labute approximate surface area is 105 Å². The molecule has 0 spiro atoms. The lowest BCUT2D eigenvalue weighted by molar-refractivity contribution is -0.0141. The summed E-state index contributed by atoms with van der Waals surface area (Å²) in [4.78, 5) is 0. The van der Waals surface area contributed by atoms with Gasteiger partial charge < -0.3 is 10.1 Å². The summed E-state index contributed by atoms with van der Waals surface area (Å²) in [6.45, 7) is 10.6. The van der Waals surface area contributed by atoms with Gasteiger partial charge in [0.05, 0.1) is 11.7 Å². The van der Waals surface area contributed by atoms with Gasteiger partial charge in [0.2, 0.25) is 0 Å². The van der Waals surface area contributed by atoms with Crippen LogP contribution in [-0.2, 0) is 4.74 Å². The first kappa shape index (κ1) is 14.3. The van der Waals surface area contributed by atoms with E-state index in [4.69, 9.17) is 16.3 Å². The molecule has 0 aliphatic carbocycles. The minimum absolute atomic E-state index is 0.0741. The van der Waals surface area contributed by atoms with Gasteiger partial charge >= 0.3 is 0 Å². The lowest BCUT2D eigenvalue weighted by atomic mass is 10.1. The van der Waals surface area contributed by atoms with Crippen molar-refractivity contribution in [3.05, 3.63) is 0 Å². The first-order valence-electron chi connectivity index (χ1n) is 6.41. The van der Waals surface area contributed by atoms with Crippen LogP contribution in [0.25, 0.3) is 0 Å². The van der Waals surface area contributed by atoms with Crippen molar-refractivity contribution in [2.75, 3.05) is 13.1 Å². The molecule has 0 aromatic heterocycles. The quantitative estimate of drug-likeness (QED) is 0.728. The Morgan fingerprint density at radius 2 is 2.12 bits per heavy atom. The van der Waals surface area contributed by atoms with Crippen LogP contribution in [0, 0.1) is 5.92 Å². The highest BCUT2D eigenvalue weighted by Gasteiger charge is 2.31. The van der Waals surface area contributed by atoms with Gasteiger partial charge in [-0.05, 0) is 39.0 Å². The predicted octanol–water partition coefficient (Wildman–Crippen LogP) is 3.19.